The zero-order valence-corrected chi connectivity index (χ0v) is 14.7. The van der Waals surface area contributed by atoms with Crippen LogP contribution in [-0.2, 0) is 11.2 Å². The first-order valence-corrected chi connectivity index (χ1v) is 8.51. The third-order valence-corrected chi connectivity index (χ3v) is 3.88. The monoisotopic (exact) mass is 330 g/mol. The number of amides is 1. The number of carbonyl (C=O) groups excluding carboxylic acids is 1. The van der Waals surface area contributed by atoms with Crippen LogP contribution >= 0.6 is 0 Å². The number of methoxy groups -OCH3 is 1. The molecule has 24 heavy (non-hydrogen) atoms. The second-order valence-corrected chi connectivity index (χ2v) is 5.81. The molecule has 0 aliphatic carbocycles. The van der Waals surface area contributed by atoms with E-state index in [1.807, 2.05) is 31.2 Å². The van der Waals surface area contributed by atoms with E-state index in [0.29, 0.717) is 12.3 Å². The van der Waals surface area contributed by atoms with E-state index >= 15 is 0 Å². The number of aromatic nitrogens is 1. The number of unbranched alkanes of at least 4 members (excludes halogenated alkanes) is 1. The first kappa shape index (κ1) is 18.0. The SMILES string of the molecule is CCCCNC(=O)CCCc1nc(-c2cccc(OC)c2)oc1C. The number of hydrogen-bond acceptors (Lipinski definition) is 4. The summed E-state index contributed by atoms with van der Waals surface area (Å²) in [5, 5.41) is 2.93. The van der Waals surface area contributed by atoms with E-state index in [1.54, 1.807) is 7.11 Å². The summed E-state index contributed by atoms with van der Waals surface area (Å²) in [6.45, 7) is 4.78. The topological polar surface area (TPSA) is 64.4 Å². The Balaban J connectivity index is 1.90. The number of aryl methyl sites for hydroxylation is 2. The van der Waals surface area contributed by atoms with Gasteiger partial charge >= 0.3 is 0 Å². The van der Waals surface area contributed by atoms with Crippen LogP contribution in [0.5, 0.6) is 5.75 Å². The summed E-state index contributed by atoms with van der Waals surface area (Å²) in [5.41, 5.74) is 1.80. The van der Waals surface area contributed by atoms with Gasteiger partial charge in [-0.2, -0.15) is 0 Å². The molecular formula is C19H26N2O3. The largest absolute Gasteiger partial charge is 0.497 e. The molecule has 0 bridgehead atoms. The van der Waals surface area contributed by atoms with Crippen molar-refractivity contribution in [2.24, 2.45) is 0 Å². The maximum atomic E-state index is 11.7. The third-order valence-electron chi connectivity index (χ3n) is 3.88. The van der Waals surface area contributed by atoms with Gasteiger partial charge in [-0.3, -0.25) is 4.79 Å². The van der Waals surface area contributed by atoms with E-state index in [4.69, 9.17) is 9.15 Å². The Hall–Kier alpha value is -2.30. The molecule has 1 heterocycles. The highest BCUT2D eigenvalue weighted by Crippen LogP contribution is 2.25. The molecule has 5 nitrogen and oxygen atoms in total. The molecule has 5 heteroatoms. The van der Waals surface area contributed by atoms with Gasteiger partial charge in [0.1, 0.15) is 11.5 Å². The zero-order chi connectivity index (χ0) is 17.4. The van der Waals surface area contributed by atoms with Crippen LogP contribution in [0.1, 0.15) is 44.1 Å². The predicted octanol–water partition coefficient (Wildman–Crippen LogP) is 3.90. The van der Waals surface area contributed by atoms with Crippen molar-refractivity contribution in [3.05, 3.63) is 35.7 Å². The summed E-state index contributed by atoms with van der Waals surface area (Å²) in [6, 6.07) is 7.64. The number of benzene rings is 1. The quantitative estimate of drug-likeness (QED) is 0.708. The van der Waals surface area contributed by atoms with Gasteiger partial charge in [0.25, 0.3) is 0 Å². The smallest absolute Gasteiger partial charge is 0.226 e. The highest BCUT2D eigenvalue weighted by molar-refractivity contribution is 5.75. The number of ether oxygens (including phenoxy) is 1. The minimum atomic E-state index is 0.109. The molecule has 1 amide bonds. The van der Waals surface area contributed by atoms with E-state index in [-0.39, 0.29) is 5.91 Å². The van der Waals surface area contributed by atoms with Gasteiger partial charge in [-0.1, -0.05) is 19.4 Å². The van der Waals surface area contributed by atoms with Crippen LogP contribution in [0.2, 0.25) is 0 Å². The van der Waals surface area contributed by atoms with Crippen LogP contribution in [0, 0.1) is 6.92 Å². The van der Waals surface area contributed by atoms with Gasteiger partial charge < -0.3 is 14.5 Å². The molecule has 0 saturated heterocycles. The fraction of sp³-hybridized carbons (Fsp3) is 0.474. The molecule has 1 N–H and O–H groups in total. The van der Waals surface area contributed by atoms with Crippen LogP contribution in [0.25, 0.3) is 11.5 Å². The lowest BCUT2D eigenvalue weighted by Crippen LogP contribution is -2.24. The number of carbonyl (C=O) groups is 1. The van der Waals surface area contributed by atoms with E-state index in [0.717, 1.165) is 55.0 Å². The standard InChI is InChI=1S/C19H26N2O3/c1-4-5-12-20-18(22)11-7-10-17-14(2)24-19(21-17)15-8-6-9-16(13-15)23-3/h6,8-9,13H,4-5,7,10-12H2,1-3H3,(H,20,22). The second kappa shape index (κ2) is 9.11. The Morgan fingerprint density at radius 3 is 2.92 bits per heavy atom. The van der Waals surface area contributed by atoms with Gasteiger partial charge in [0, 0.05) is 18.5 Å². The van der Waals surface area contributed by atoms with Gasteiger partial charge in [-0.15, -0.1) is 0 Å². The molecule has 0 unspecified atom stereocenters. The van der Waals surface area contributed by atoms with Crippen molar-refractivity contribution in [3.63, 3.8) is 0 Å². The average molecular weight is 330 g/mol. The van der Waals surface area contributed by atoms with Crippen molar-refractivity contribution >= 4 is 5.91 Å². The van der Waals surface area contributed by atoms with Crippen molar-refractivity contribution in [3.8, 4) is 17.2 Å². The molecule has 0 spiro atoms. The van der Waals surface area contributed by atoms with E-state index < -0.39 is 0 Å². The molecule has 1 aromatic heterocycles. The number of oxazole rings is 1. The fourth-order valence-electron chi connectivity index (χ4n) is 2.45. The molecule has 1 aromatic carbocycles. The molecule has 0 radical (unpaired) electrons. The molecule has 0 aliphatic heterocycles. The summed E-state index contributed by atoms with van der Waals surface area (Å²) in [4.78, 5) is 16.3. The first-order chi connectivity index (χ1) is 11.6. The molecule has 2 rings (SSSR count). The fourth-order valence-corrected chi connectivity index (χ4v) is 2.45. The second-order valence-electron chi connectivity index (χ2n) is 5.81. The maximum absolute atomic E-state index is 11.7. The Morgan fingerprint density at radius 1 is 1.33 bits per heavy atom. The van der Waals surface area contributed by atoms with Crippen LogP contribution in [0.4, 0.5) is 0 Å². The van der Waals surface area contributed by atoms with E-state index in [1.165, 1.54) is 0 Å². The number of rotatable bonds is 9. The number of nitrogens with one attached hydrogen (secondary N) is 1. The van der Waals surface area contributed by atoms with Crippen molar-refractivity contribution in [1.82, 2.24) is 10.3 Å². The number of nitrogens with zero attached hydrogens (tertiary/aromatic N) is 1. The van der Waals surface area contributed by atoms with Gasteiger partial charge in [0.15, 0.2) is 0 Å². The highest BCUT2D eigenvalue weighted by atomic mass is 16.5. The molecule has 0 atom stereocenters. The Morgan fingerprint density at radius 2 is 2.17 bits per heavy atom. The van der Waals surface area contributed by atoms with Crippen molar-refractivity contribution in [1.29, 1.82) is 0 Å². The minimum Gasteiger partial charge on any atom is -0.497 e. The van der Waals surface area contributed by atoms with E-state index in [2.05, 4.69) is 17.2 Å². The van der Waals surface area contributed by atoms with Crippen molar-refractivity contribution < 1.29 is 13.9 Å². The zero-order valence-electron chi connectivity index (χ0n) is 14.7. The van der Waals surface area contributed by atoms with Crippen LogP contribution in [0.3, 0.4) is 0 Å². The van der Waals surface area contributed by atoms with Crippen LogP contribution < -0.4 is 10.1 Å². The van der Waals surface area contributed by atoms with Gasteiger partial charge in [0.05, 0.1) is 12.8 Å². The molecule has 0 saturated carbocycles. The summed E-state index contributed by atoms with van der Waals surface area (Å²) in [7, 11) is 1.64. The van der Waals surface area contributed by atoms with Crippen LogP contribution in [0.15, 0.2) is 28.7 Å². The maximum Gasteiger partial charge on any atom is 0.226 e. The van der Waals surface area contributed by atoms with Gasteiger partial charge in [-0.05, 0) is 44.4 Å². The molecule has 130 valence electrons. The Kier molecular flexibility index (Phi) is 6.85. The summed E-state index contributed by atoms with van der Waals surface area (Å²) in [5.74, 6) is 2.28. The first-order valence-electron chi connectivity index (χ1n) is 8.51. The lowest BCUT2D eigenvalue weighted by molar-refractivity contribution is -0.121. The third kappa shape index (κ3) is 5.11. The van der Waals surface area contributed by atoms with Gasteiger partial charge in [0.2, 0.25) is 11.8 Å². The summed E-state index contributed by atoms with van der Waals surface area (Å²) < 4.78 is 11.0. The van der Waals surface area contributed by atoms with Crippen molar-refractivity contribution in [2.75, 3.05) is 13.7 Å². The summed E-state index contributed by atoms with van der Waals surface area (Å²) in [6.07, 6.45) is 4.14. The summed E-state index contributed by atoms with van der Waals surface area (Å²) >= 11 is 0. The van der Waals surface area contributed by atoms with Crippen molar-refractivity contribution in [2.45, 2.75) is 46.0 Å². The lowest BCUT2D eigenvalue weighted by atomic mass is 10.1. The lowest BCUT2D eigenvalue weighted by Gasteiger charge is -2.03. The Labute approximate surface area is 143 Å². The van der Waals surface area contributed by atoms with Crippen LogP contribution in [-0.4, -0.2) is 24.5 Å². The predicted molar refractivity (Wildman–Crippen MR) is 94.1 cm³/mol. The van der Waals surface area contributed by atoms with Gasteiger partial charge in [-0.25, -0.2) is 4.98 Å². The highest BCUT2D eigenvalue weighted by Gasteiger charge is 2.12. The normalized spacial score (nSPS) is 10.6. The molecule has 0 aliphatic rings. The van der Waals surface area contributed by atoms with E-state index in [9.17, 15) is 4.79 Å². The molecule has 0 fully saturated rings. The molecule has 2 aromatic rings. The molecular weight excluding hydrogens is 304 g/mol. The Bertz CT molecular complexity index is 664. The average Bonchev–Trinajstić information content (AvgIpc) is 2.96. The number of hydrogen-bond donors (Lipinski definition) is 1. The minimum absolute atomic E-state index is 0.109.